The van der Waals surface area contributed by atoms with Gasteiger partial charge in [-0.05, 0) is 16.6 Å². The first-order chi connectivity index (χ1) is 16.2. The summed E-state index contributed by atoms with van der Waals surface area (Å²) >= 11 is 0. The fourth-order valence-electron chi connectivity index (χ4n) is 5.58. The molecule has 0 unspecified atom stereocenters. The Morgan fingerprint density at radius 1 is 0.514 bits per heavy atom. The van der Waals surface area contributed by atoms with Crippen LogP contribution in [0.2, 0.25) is 16.6 Å². The van der Waals surface area contributed by atoms with E-state index in [1.165, 1.54) is 0 Å². The molecule has 0 aliphatic carbocycles. The number of rotatable bonds is 5. The van der Waals surface area contributed by atoms with Crippen molar-refractivity contribution in [1.29, 1.82) is 0 Å². The van der Waals surface area contributed by atoms with Crippen LogP contribution < -0.4 is 4.43 Å². The topological polar surface area (TPSA) is 9.23 Å². The molecule has 0 amide bonds. The molecular formula is C25H21F8OSi. The van der Waals surface area contributed by atoms with Gasteiger partial charge in [0.25, 0.3) is 8.32 Å². The molecule has 0 fully saturated rings. The highest BCUT2D eigenvalue weighted by Crippen LogP contribution is 2.49. The van der Waals surface area contributed by atoms with Crippen LogP contribution in [-0.4, -0.2) is 8.32 Å². The molecule has 0 heterocycles. The Bertz CT molecular complexity index is 1450. The summed E-state index contributed by atoms with van der Waals surface area (Å²) in [7, 11) is -3.12. The lowest BCUT2D eigenvalue weighted by molar-refractivity contribution is 0.417. The SMILES string of the molecule is CC(C)[Si](Oc1c(F)c2c(F)c(F)c3[c]c(F)c(F)c4c(F)c(F)c(c1F)c2c34)(C(C)C)C(C)C. The first kappa shape index (κ1) is 25.5. The van der Waals surface area contributed by atoms with Crippen LogP contribution in [0, 0.1) is 52.6 Å². The quantitative estimate of drug-likeness (QED) is 0.146. The molecule has 10 heteroatoms. The molecule has 0 spiro atoms. The first-order valence-electron chi connectivity index (χ1n) is 11.0. The standard InChI is InChI=1S/C25H21F8OSi/c1-8(2)35(9(3)4,10(5)6)34-25-23(32)16-14-13-11(18(27)20(16)29)7-12(26)19(28)15(13)21(30)22(31)17(14)24(25)33/h8-10H,1-6H3. The molecule has 0 saturated carbocycles. The minimum atomic E-state index is -3.12. The van der Waals surface area contributed by atoms with Crippen LogP contribution in [0.1, 0.15) is 41.5 Å². The average molecular weight is 518 g/mol. The van der Waals surface area contributed by atoms with Crippen LogP contribution in [0.3, 0.4) is 0 Å². The van der Waals surface area contributed by atoms with Gasteiger partial charge in [0.1, 0.15) is 0 Å². The third-order valence-electron chi connectivity index (χ3n) is 6.98. The summed E-state index contributed by atoms with van der Waals surface area (Å²) in [6, 6.07) is 1.60. The highest BCUT2D eigenvalue weighted by molar-refractivity contribution is 6.78. The van der Waals surface area contributed by atoms with E-state index in [-0.39, 0.29) is 16.6 Å². The van der Waals surface area contributed by atoms with E-state index in [0.717, 1.165) is 0 Å². The Hall–Kier alpha value is -2.62. The van der Waals surface area contributed by atoms with Crippen LogP contribution in [-0.2, 0) is 0 Å². The van der Waals surface area contributed by atoms with E-state index in [0.29, 0.717) is 0 Å². The van der Waals surface area contributed by atoms with Crippen LogP contribution in [0.5, 0.6) is 5.75 Å². The average Bonchev–Trinajstić information content (AvgIpc) is 2.76. The van der Waals surface area contributed by atoms with Crippen LogP contribution in [0.4, 0.5) is 35.1 Å². The van der Waals surface area contributed by atoms with Crippen LogP contribution >= 0.6 is 0 Å². The van der Waals surface area contributed by atoms with Gasteiger partial charge in [0, 0.05) is 22.2 Å². The maximum absolute atomic E-state index is 15.8. The lowest BCUT2D eigenvalue weighted by Gasteiger charge is -2.42. The minimum absolute atomic E-state index is 0.220. The summed E-state index contributed by atoms with van der Waals surface area (Å²) in [6.45, 7) is 10.8. The van der Waals surface area contributed by atoms with Crippen molar-refractivity contribution in [2.45, 2.75) is 58.2 Å². The molecule has 0 bridgehead atoms. The molecule has 0 aromatic heterocycles. The molecule has 187 valence electrons. The van der Waals surface area contributed by atoms with Crippen molar-refractivity contribution in [2.75, 3.05) is 0 Å². The van der Waals surface area contributed by atoms with Crippen molar-refractivity contribution >= 4 is 40.6 Å². The van der Waals surface area contributed by atoms with E-state index in [1.807, 2.05) is 0 Å². The van der Waals surface area contributed by atoms with E-state index in [1.54, 1.807) is 47.6 Å². The van der Waals surface area contributed by atoms with E-state index in [4.69, 9.17) is 4.43 Å². The smallest absolute Gasteiger partial charge is 0.259 e. The molecule has 1 nitrogen and oxygen atoms in total. The van der Waals surface area contributed by atoms with E-state index in [9.17, 15) is 17.6 Å². The maximum atomic E-state index is 15.8. The fourth-order valence-corrected chi connectivity index (χ4v) is 10.8. The summed E-state index contributed by atoms with van der Waals surface area (Å²) in [5, 5.41) is -6.87. The fraction of sp³-hybridized carbons (Fsp3) is 0.360. The van der Waals surface area contributed by atoms with Crippen molar-refractivity contribution in [3.63, 3.8) is 0 Å². The highest BCUT2D eigenvalue weighted by atomic mass is 28.4. The Balaban J connectivity index is 2.28. The van der Waals surface area contributed by atoms with Gasteiger partial charge in [-0.2, -0.15) is 0 Å². The van der Waals surface area contributed by atoms with Gasteiger partial charge in [-0.3, -0.25) is 0 Å². The number of halogens is 8. The van der Waals surface area contributed by atoms with E-state index in [2.05, 4.69) is 0 Å². The highest BCUT2D eigenvalue weighted by Gasteiger charge is 2.48. The Morgan fingerprint density at radius 3 is 1.34 bits per heavy atom. The number of hydrogen-bond acceptors (Lipinski definition) is 1. The molecule has 0 aliphatic heterocycles. The zero-order valence-electron chi connectivity index (χ0n) is 19.7. The summed E-state index contributed by atoms with van der Waals surface area (Å²) in [4.78, 5) is 0. The number of hydrogen-bond donors (Lipinski definition) is 0. The third kappa shape index (κ3) is 3.17. The summed E-state index contributed by atoms with van der Waals surface area (Å²) in [6.07, 6.45) is 0. The van der Waals surface area contributed by atoms with Gasteiger partial charge >= 0.3 is 0 Å². The Labute approximate surface area is 197 Å². The van der Waals surface area contributed by atoms with Gasteiger partial charge in [-0.1, -0.05) is 41.5 Å². The van der Waals surface area contributed by atoms with Crippen molar-refractivity contribution < 1.29 is 39.5 Å². The molecule has 0 N–H and O–H groups in total. The lowest BCUT2D eigenvalue weighted by atomic mass is 9.91. The first-order valence-corrected chi connectivity index (χ1v) is 13.1. The van der Waals surface area contributed by atoms with Gasteiger partial charge < -0.3 is 4.43 Å². The molecule has 4 rings (SSSR count). The largest absolute Gasteiger partial charge is 0.539 e. The van der Waals surface area contributed by atoms with Crippen molar-refractivity contribution in [3.05, 3.63) is 52.6 Å². The molecule has 0 aliphatic rings. The normalized spacial score (nSPS) is 13.1. The van der Waals surface area contributed by atoms with Gasteiger partial charge in [0.15, 0.2) is 52.3 Å². The number of benzene rings is 4. The Kier molecular flexibility index (Phi) is 5.98. The predicted octanol–water partition coefficient (Wildman–Crippen LogP) is 9.05. The zero-order chi connectivity index (χ0) is 26.3. The molecule has 4 aromatic rings. The van der Waals surface area contributed by atoms with Crippen molar-refractivity contribution in [2.24, 2.45) is 0 Å². The minimum Gasteiger partial charge on any atom is -0.539 e. The Morgan fingerprint density at radius 2 is 0.914 bits per heavy atom. The van der Waals surface area contributed by atoms with E-state index < -0.39 is 92.9 Å². The summed E-state index contributed by atoms with van der Waals surface area (Å²) in [5.41, 5.74) is -0.661. The van der Waals surface area contributed by atoms with Crippen LogP contribution in [0.15, 0.2) is 0 Å². The zero-order valence-corrected chi connectivity index (χ0v) is 20.7. The molecule has 35 heavy (non-hydrogen) atoms. The van der Waals surface area contributed by atoms with Gasteiger partial charge in [-0.25, -0.2) is 35.1 Å². The van der Waals surface area contributed by atoms with Gasteiger partial charge in [0.2, 0.25) is 0 Å². The lowest BCUT2D eigenvalue weighted by Crippen LogP contribution is -2.51. The van der Waals surface area contributed by atoms with Gasteiger partial charge in [0.05, 0.1) is 16.2 Å². The molecule has 0 atom stereocenters. The second kappa shape index (κ2) is 8.21. The molecule has 0 saturated heterocycles. The molecular weight excluding hydrogens is 496 g/mol. The summed E-state index contributed by atoms with van der Waals surface area (Å²) < 4.78 is 126. The molecule has 4 aromatic carbocycles. The predicted molar refractivity (Wildman–Crippen MR) is 120 cm³/mol. The summed E-state index contributed by atoms with van der Waals surface area (Å²) in [5.74, 6) is -16.2. The van der Waals surface area contributed by atoms with Gasteiger partial charge in [-0.15, -0.1) is 0 Å². The maximum Gasteiger partial charge on any atom is 0.259 e. The van der Waals surface area contributed by atoms with Crippen molar-refractivity contribution in [3.8, 4) is 5.75 Å². The third-order valence-corrected chi connectivity index (χ3v) is 13.0. The van der Waals surface area contributed by atoms with Crippen LogP contribution in [0.25, 0.3) is 32.3 Å². The second-order valence-corrected chi connectivity index (χ2v) is 15.0. The van der Waals surface area contributed by atoms with E-state index >= 15 is 17.6 Å². The monoisotopic (exact) mass is 517 g/mol. The molecule has 1 radical (unpaired) electrons. The second-order valence-electron chi connectivity index (χ2n) is 9.64. The van der Waals surface area contributed by atoms with Crippen molar-refractivity contribution in [1.82, 2.24) is 0 Å².